The molecule has 0 spiro atoms. The van der Waals surface area contributed by atoms with E-state index in [1.807, 2.05) is 54.6 Å². The van der Waals surface area contributed by atoms with Crippen LogP contribution in [-0.2, 0) is 0 Å². The molecule has 0 saturated carbocycles. The van der Waals surface area contributed by atoms with Crippen molar-refractivity contribution in [2.75, 3.05) is 0 Å². The fraction of sp³-hybridized carbons (Fsp3) is 0. The van der Waals surface area contributed by atoms with Crippen molar-refractivity contribution < 1.29 is 11.3 Å². The normalized spacial score (nSPS) is 13.3. The highest BCUT2D eigenvalue weighted by Crippen LogP contribution is 2.47. The molecule has 1 nitrogen and oxygen atoms in total. The van der Waals surface area contributed by atoms with E-state index in [1.54, 1.807) is 0 Å². The molecular formula is C42H26O. The van der Waals surface area contributed by atoms with Gasteiger partial charge in [-0.2, -0.15) is 0 Å². The third kappa shape index (κ3) is 3.65. The second-order valence-corrected chi connectivity index (χ2v) is 10.9. The third-order valence-electron chi connectivity index (χ3n) is 8.54. The fourth-order valence-electron chi connectivity index (χ4n) is 6.65. The van der Waals surface area contributed by atoms with Crippen LogP contribution in [0.2, 0.25) is 0 Å². The second kappa shape index (κ2) is 9.44. The molecule has 0 saturated heterocycles. The van der Waals surface area contributed by atoms with Gasteiger partial charge in [0.05, 0.1) is 6.85 Å². The Hall–Kier alpha value is -5.66. The summed E-state index contributed by atoms with van der Waals surface area (Å²) in [5.74, 6) is 0.824. The van der Waals surface area contributed by atoms with Crippen LogP contribution in [0.25, 0.3) is 88.0 Å². The van der Waals surface area contributed by atoms with Gasteiger partial charge in [0.2, 0.25) is 0 Å². The second-order valence-electron chi connectivity index (χ2n) is 10.9. The summed E-state index contributed by atoms with van der Waals surface area (Å²) in [6, 6.07) is 41.9. The smallest absolute Gasteiger partial charge is 0.143 e. The zero-order valence-electron chi connectivity index (χ0n) is 28.0. The van der Waals surface area contributed by atoms with Crippen LogP contribution in [0.5, 0.6) is 0 Å². The molecule has 1 heteroatoms. The first kappa shape index (κ1) is 19.5. The lowest BCUT2D eigenvalue weighted by Crippen LogP contribution is -1.89. The van der Waals surface area contributed by atoms with Gasteiger partial charge in [-0.3, -0.25) is 0 Å². The summed E-state index contributed by atoms with van der Waals surface area (Å²) in [7, 11) is 0. The molecule has 0 aliphatic rings. The standard InChI is InChI=1S/C42H26O/c1-4-11-27(12-5-1)32-23-19-29-22-26-35-33(24-20-30-21-25-34(32)38(29)39(30)35)36-17-10-18-37-40(28-13-6-2-7-14-28)41(43-42(36)37)31-15-8-3-9-16-31/h1-26H/i1D,4D,5D,11D,12D. The van der Waals surface area contributed by atoms with Crippen LogP contribution in [0, 0.1) is 0 Å². The van der Waals surface area contributed by atoms with Crippen LogP contribution >= 0.6 is 0 Å². The Labute approximate surface area is 256 Å². The lowest BCUT2D eigenvalue weighted by atomic mass is 9.87. The van der Waals surface area contributed by atoms with Crippen LogP contribution in [0.15, 0.2) is 162 Å². The van der Waals surface area contributed by atoms with Gasteiger partial charge in [-0.05, 0) is 54.6 Å². The predicted molar refractivity (Wildman–Crippen MR) is 182 cm³/mol. The van der Waals surface area contributed by atoms with Gasteiger partial charge in [-0.1, -0.05) is 158 Å². The van der Waals surface area contributed by atoms with Crippen molar-refractivity contribution >= 4 is 43.3 Å². The molecule has 43 heavy (non-hydrogen) atoms. The first-order valence-electron chi connectivity index (χ1n) is 16.9. The van der Waals surface area contributed by atoms with Gasteiger partial charge >= 0.3 is 0 Å². The van der Waals surface area contributed by atoms with Crippen molar-refractivity contribution in [2.45, 2.75) is 0 Å². The van der Waals surface area contributed by atoms with Crippen LogP contribution in [0.3, 0.4) is 0 Å². The minimum atomic E-state index is -0.394. The van der Waals surface area contributed by atoms with E-state index in [1.165, 1.54) is 0 Å². The SMILES string of the molecule is [2H]c1c([2H])c([2H])c(-c2ccc3ccc4c(-c5cccc6c(-c7ccccc7)c(-c7ccccc7)oc56)ccc5ccc2c3c54)c([2H])c1[2H]. The van der Waals surface area contributed by atoms with Crippen molar-refractivity contribution in [2.24, 2.45) is 0 Å². The third-order valence-corrected chi connectivity index (χ3v) is 8.54. The van der Waals surface area contributed by atoms with Crippen LogP contribution < -0.4 is 0 Å². The monoisotopic (exact) mass is 551 g/mol. The number of furan rings is 1. The minimum Gasteiger partial charge on any atom is -0.455 e. The summed E-state index contributed by atoms with van der Waals surface area (Å²) in [6.45, 7) is 0. The molecule has 0 aliphatic heterocycles. The van der Waals surface area contributed by atoms with E-state index in [-0.39, 0.29) is 29.7 Å². The van der Waals surface area contributed by atoms with E-state index in [0.29, 0.717) is 5.56 Å². The van der Waals surface area contributed by atoms with Crippen molar-refractivity contribution in [3.05, 3.63) is 158 Å². The van der Waals surface area contributed by atoms with Crippen molar-refractivity contribution in [1.82, 2.24) is 0 Å². The number of hydrogen-bond acceptors (Lipinski definition) is 1. The molecule has 0 N–H and O–H groups in total. The van der Waals surface area contributed by atoms with Crippen LogP contribution in [0.1, 0.15) is 6.85 Å². The average molecular weight is 552 g/mol. The van der Waals surface area contributed by atoms with Gasteiger partial charge in [0.15, 0.2) is 0 Å². The highest BCUT2D eigenvalue weighted by atomic mass is 16.3. The quantitative estimate of drug-likeness (QED) is 0.198. The molecule has 0 bridgehead atoms. The number of para-hydroxylation sites is 1. The maximum absolute atomic E-state index is 8.69. The molecule has 1 aromatic heterocycles. The van der Waals surface area contributed by atoms with Gasteiger partial charge in [0.1, 0.15) is 11.3 Å². The molecule has 9 rings (SSSR count). The van der Waals surface area contributed by atoms with E-state index in [9.17, 15) is 0 Å². The van der Waals surface area contributed by atoms with Gasteiger partial charge in [-0.25, -0.2) is 0 Å². The molecule has 8 aromatic carbocycles. The molecule has 1 heterocycles. The Morgan fingerprint density at radius 3 is 1.72 bits per heavy atom. The molecule has 0 radical (unpaired) electrons. The molecule has 200 valence electrons. The topological polar surface area (TPSA) is 13.1 Å². The minimum absolute atomic E-state index is 0.204. The van der Waals surface area contributed by atoms with E-state index >= 15 is 0 Å². The maximum Gasteiger partial charge on any atom is 0.143 e. The Bertz CT molecular complexity index is 2680. The highest BCUT2D eigenvalue weighted by Gasteiger charge is 2.22. The number of fused-ring (bicyclic) bond motifs is 1. The zero-order valence-corrected chi connectivity index (χ0v) is 23.0. The first-order chi connectivity index (χ1) is 23.4. The highest BCUT2D eigenvalue weighted by molar-refractivity contribution is 6.28. The van der Waals surface area contributed by atoms with Gasteiger partial charge in [0.25, 0.3) is 0 Å². The summed E-state index contributed by atoms with van der Waals surface area (Å²) in [5, 5.41) is 7.07. The predicted octanol–water partition coefficient (Wildman–Crippen LogP) is 12.0. The Balaban J connectivity index is 1.34. The lowest BCUT2D eigenvalue weighted by Gasteiger charge is -2.16. The maximum atomic E-state index is 8.69. The summed E-state index contributed by atoms with van der Waals surface area (Å²) in [5.41, 5.74) is 6.80. The Kier molecular flexibility index (Phi) is 4.27. The number of hydrogen-bond donors (Lipinski definition) is 0. The van der Waals surface area contributed by atoms with Crippen LogP contribution in [-0.4, -0.2) is 0 Å². The summed E-state index contributed by atoms with van der Waals surface area (Å²) >= 11 is 0. The largest absolute Gasteiger partial charge is 0.455 e. The van der Waals surface area contributed by atoms with Gasteiger partial charge < -0.3 is 4.42 Å². The van der Waals surface area contributed by atoms with Crippen LogP contribution in [0.4, 0.5) is 0 Å². The first-order valence-corrected chi connectivity index (χ1v) is 14.4. The summed E-state index contributed by atoms with van der Waals surface area (Å²) in [4.78, 5) is 0. The van der Waals surface area contributed by atoms with Crippen molar-refractivity contribution in [3.63, 3.8) is 0 Å². The van der Waals surface area contributed by atoms with E-state index < -0.39 is 6.04 Å². The molecule has 9 aromatic rings. The van der Waals surface area contributed by atoms with E-state index in [0.717, 1.165) is 76.9 Å². The van der Waals surface area contributed by atoms with Gasteiger partial charge in [0, 0.05) is 22.1 Å². The molecule has 0 unspecified atom stereocenters. The summed E-state index contributed by atoms with van der Waals surface area (Å²) < 4.78 is 48.9. The molecule has 0 aliphatic carbocycles. The Morgan fingerprint density at radius 1 is 0.419 bits per heavy atom. The van der Waals surface area contributed by atoms with E-state index in [2.05, 4.69) is 72.8 Å². The Morgan fingerprint density at radius 2 is 1.02 bits per heavy atom. The molecule has 0 fully saturated rings. The number of benzene rings is 8. The van der Waals surface area contributed by atoms with Gasteiger partial charge in [-0.15, -0.1) is 0 Å². The molecular weight excluding hydrogens is 520 g/mol. The lowest BCUT2D eigenvalue weighted by molar-refractivity contribution is 0.633. The zero-order chi connectivity index (χ0) is 32.7. The number of rotatable bonds is 4. The van der Waals surface area contributed by atoms with Crippen molar-refractivity contribution in [1.29, 1.82) is 0 Å². The fourth-order valence-corrected chi connectivity index (χ4v) is 6.65. The molecule has 0 atom stereocenters. The average Bonchev–Trinajstić information content (AvgIpc) is 3.53. The van der Waals surface area contributed by atoms with Crippen molar-refractivity contribution in [3.8, 4) is 44.7 Å². The molecule has 0 amide bonds. The van der Waals surface area contributed by atoms with E-state index in [4.69, 9.17) is 11.3 Å². The summed E-state index contributed by atoms with van der Waals surface area (Å²) in [6.07, 6.45) is 0.